The number of aromatic amines is 1. The van der Waals surface area contributed by atoms with Crippen LogP contribution in [0.3, 0.4) is 0 Å². The van der Waals surface area contributed by atoms with E-state index in [4.69, 9.17) is 16.6 Å². The van der Waals surface area contributed by atoms with E-state index in [2.05, 4.69) is 15.2 Å². The van der Waals surface area contributed by atoms with Crippen LogP contribution >= 0.6 is 12.2 Å². The molecule has 2 aromatic heterocycles. The molecule has 1 N–H and O–H groups in total. The molecule has 0 unspecified atom stereocenters. The Hall–Kier alpha value is -2.08. The number of pyridine rings is 1. The maximum atomic E-state index is 14.1. The normalized spacial score (nSPS) is 14.3. The molecule has 0 fully saturated rings. The number of benzene rings is 1. The van der Waals surface area contributed by atoms with Crippen molar-refractivity contribution in [3.63, 3.8) is 0 Å². The van der Waals surface area contributed by atoms with Gasteiger partial charge in [-0.2, -0.15) is 0 Å². The lowest BCUT2D eigenvalue weighted by Crippen LogP contribution is -2.08. The van der Waals surface area contributed by atoms with Gasteiger partial charge in [-0.15, -0.1) is 5.10 Å². The van der Waals surface area contributed by atoms with Gasteiger partial charge in [-0.25, -0.2) is 14.5 Å². The van der Waals surface area contributed by atoms with Crippen molar-refractivity contribution < 1.29 is 8.81 Å². The van der Waals surface area contributed by atoms with Crippen LogP contribution in [0.1, 0.15) is 24.1 Å². The molecule has 0 spiro atoms. The highest BCUT2D eigenvalue weighted by Gasteiger charge is 2.23. The Morgan fingerprint density at radius 3 is 2.90 bits per heavy atom. The average Bonchev–Trinajstić information content (AvgIpc) is 2.92. The minimum Gasteiger partial charge on any atom is -0.409 e. The molecule has 0 radical (unpaired) electrons. The Balaban J connectivity index is 2.15. The van der Waals surface area contributed by atoms with Gasteiger partial charge in [-0.1, -0.05) is 12.1 Å². The van der Waals surface area contributed by atoms with Gasteiger partial charge in [0, 0.05) is 11.1 Å². The van der Waals surface area contributed by atoms with Crippen molar-refractivity contribution >= 4 is 23.1 Å². The van der Waals surface area contributed by atoms with Crippen LogP contribution in [0.25, 0.3) is 22.4 Å². The van der Waals surface area contributed by atoms with Crippen LogP contribution in [-0.4, -0.2) is 15.2 Å². The van der Waals surface area contributed by atoms with Gasteiger partial charge in [0.1, 0.15) is 11.3 Å². The maximum absolute atomic E-state index is 14.1. The second kappa shape index (κ2) is 4.73. The molecule has 4 nitrogen and oxygen atoms in total. The van der Waals surface area contributed by atoms with E-state index in [0.717, 1.165) is 47.9 Å². The Morgan fingerprint density at radius 1 is 1.24 bits per heavy atom. The first kappa shape index (κ1) is 12.6. The fourth-order valence-electron chi connectivity index (χ4n) is 2.99. The molecule has 0 amide bonds. The van der Waals surface area contributed by atoms with Crippen molar-refractivity contribution in [2.45, 2.75) is 25.7 Å². The minimum absolute atomic E-state index is 0.218. The summed E-state index contributed by atoms with van der Waals surface area (Å²) in [5.74, 6) is 0.0902. The van der Waals surface area contributed by atoms with Crippen LogP contribution in [0, 0.1) is 10.7 Å². The number of H-pyrrole nitrogens is 1. The Kier molecular flexibility index (Phi) is 2.85. The summed E-state index contributed by atoms with van der Waals surface area (Å²) in [4.78, 5) is 4.75. The Labute approximate surface area is 125 Å². The average molecular weight is 301 g/mol. The molecular formula is C15H12FN3OS. The van der Waals surface area contributed by atoms with Crippen molar-refractivity contribution in [3.8, 4) is 11.5 Å². The molecule has 0 bridgehead atoms. The van der Waals surface area contributed by atoms with Crippen molar-refractivity contribution in [1.29, 1.82) is 0 Å². The summed E-state index contributed by atoms with van der Waals surface area (Å²) in [7, 11) is 0. The predicted molar refractivity (Wildman–Crippen MR) is 79.0 cm³/mol. The zero-order valence-electron chi connectivity index (χ0n) is 11.1. The topological polar surface area (TPSA) is 54.7 Å². The standard InChI is InChI=1S/C15H12FN3OS/c16-10-6-3-5-9-12(14-18-19-15(21)20-14)8-4-1-2-7-11(8)17-13(9)10/h3,5-6H,1-2,4,7H2,(H,19,21). The first-order chi connectivity index (χ1) is 10.2. The highest BCUT2D eigenvalue weighted by molar-refractivity contribution is 7.71. The number of hydrogen-bond acceptors (Lipinski definition) is 4. The largest absolute Gasteiger partial charge is 0.409 e. The van der Waals surface area contributed by atoms with Crippen LogP contribution < -0.4 is 0 Å². The van der Waals surface area contributed by atoms with Gasteiger partial charge in [0.2, 0.25) is 5.89 Å². The third kappa shape index (κ3) is 1.98. The Morgan fingerprint density at radius 2 is 2.10 bits per heavy atom. The van der Waals surface area contributed by atoms with E-state index in [0.29, 0.717) is 11.4 Å². The molecule has 0 saturated carbocycles. The molecule has 1 aliphatic rings. The number of nitrogens with one attached hydrogen (secondary N) is 1. The van der Waals surface area contributed by atoms with Gasteiger partial charge in [0.05, 0.1) is 5.56 Å². The first-order valence-corrected chi connectivity index (χ1v) is 7.31. The third-order valence-corrected chi connectivity index (χ3v) is 4.07. The van der Waals surface area contributed by atoms with E-state index < -0.39 is 0 Å². The van der Waals surface area contributed by atoms with Crippen molar-refractivity contribution in [3.05, 3.63) is 40.1 Å². The minimum atomic E-state index is -0.323. The predicted octanol–water partition coefficient (Wildman–Crippen LogP) is 3.97. The van der Waals surface area contributed by atoms with E-state index in [1.165, 1.54) is 6.07 Å². The fraction of sp³-hybridized carbons (Fsp3) is 0.267. The highest BCUT2D eigenvalue weighted by Crippen LogP contribution is 2.36. The zero-order valence-corrected chi connectivity index (χ0v) is 12.0. The van der Waals surface area contributed by atoms with Crippen LogP contribution in [-0.2, 0) is 12.8 Å². The van der Waals surface area contributed by atoms with Crippen LogP contribution in [0.4, 0.5) is 4.39 Å². The van der Waals surface area contributed by atoms with Gasteiger partial charge < -0.3 is 4.42 Å². The molecule has 106 valence electrons. The van der Waals surface area contributed by atoms with Crippen LogP contribution in [0.15, 0.2) is 22.6 Å². The Bertz CT molecular complexity index is 900. The summed E-state index contributed by atoms with van der Waals surface area (Å²) >= 11 is 4.96. The van der Waals surface area contributed by atoms with E-state index in [1.807, 2.05) is 6.07 Å². The summed E-state index contributed by atoms with van der Waals surface area (Å²) in [6, 6.07) is 4.96. The maximum Gasteiger partial charge on any atom is 0.284 e. The SMILES string of the molecule is Fc1cccc2c(-c3n[nH]c(=S)o3)c3c(nc12)CCCC3. The number of aryl methyl sites for hydroxylation is 1. The van der Waals surface area contributed by atoms with Crippen LogP contribution in [0.5, 0.6) is 0 Å². The van der Waals surface area contributed by atoms with E-state index in [-0.39, 0.29) is 10.7 Å². The second-order valence-corrected chi connectivity index (χ2v) is 5.54. The smallest absolute Gasteiger partial charge is 0.284 e. The second-order valence-electron chi connectivity index (χ2n) is 5.17. The van der Waals surface area contributed by atoms with Crippen molar-refractivity contribution in [2.75, 3.05) is 0 Å². The fourth-order valence-corrected chi connectivity index (χ4v) is 3.12. The first-order valence-electron chi connectivity index (χ1n) is 6.90. The quantitative estimate of drug-likeness (QED) is 0.691. The van der Waals surface area contributed by atoms with Crippen LogP contribution in [0.2, 0.25) is 0 Å². The lowest BCUT2D eigenvalue weighted by molar-refractivity contribution is 0.550. The number of rotatable bonds is 1. The molecular weight excluding hydrogens is 289 g/mol. The molecule has 2 heterocycles. The van der Waals surface area contributed by atoms with Gasteiger partial charge in [-0.05, 0) is 49.5 Å². The summed E-state index contributed by atoms with van der Waals surface area (Å²) in [5.41, 5.74) is 3.24. The molecule has 6 heteroatoms. The molecule has 0 saturated heterocycles. The number of fused-ring (bicyclic) bond motifs is 2. The molecule has 1 aromatic carbocycles. The summed E-state index contributed by atoms with van der Waals surface area (Å²) in [6.07, 6.45) is 3.92. The van der Waals surface area contributed by atoms with E-state index in [1.54, 1.807) is 6.07 Å². The lowest BCUT2D eigenvalue weighted by Gasteiger charge is -2.19. The van der Waals surface area contributed by atoms with E-state index in [9.17, 15) is 4.39 Å². The molecule has 3 aromatic rings. The number of halogens is 1. The van der Waals surface area contributed by atoms with Gasteiger partial charge in [-0.3, -0.25) is 0 Å². The monoisotopic (exact) mass is 301 g/mol. The number of aromatic nitrogens is 3. The van der Waals surface area contributed by atoms with Crippen molar-refractivity contribution in [1.82, 2.24) is 15.2 Å². The van der Waals surface area contributed by atoms with E-state index >= 15 is 0 Å². The molecule has 0 atom stereocenters. The molecule has 0 aliphatic heterocycles. The van der Waals surface area contributed by atoms with Gasteiger partial charge >= 0.3 is 0 Å². The number of para-hydroxylation sites is 1. The number of nitrogens with zero attached hydrogens (tertiary/aromatic N) is 2. The summed E-state index contributed by atoms with van der Waals surface area (Å²) in [5, 5.41) is 7.49. The van der Waals surface area contributed by atoms with Gasteiger partial charge in [0.25, 0.3) is 4.84 Å². The molecule has 4 rings (SSSR count). The lowest BCUT2D eigenvalue weighted by atomic mass is 9.89. The molecule has 21 heavy (non-hydrogen) atoms. The summed E-state index contributed by atoms with van der Waals surface area (Å²) < 4.78 is 19.6. The van der Waals surface area contributed by atoms with Gasteiger partial charge in [0.15, 0.2) is 0 Å². The highest BCUT2D eigenvalue weighted by atomic mass is 32.1. The van der Waals surface area contributed by atoms with Crippen molar-refractivity contribution in [2.24, 2.45) is 0 Å². The third-order valence-electron chi connectivity index (χ3n) is 3.90. The summed E-state index contributed by atoms with van der Waals surface area (Å²) in [6.45, 7) is 0. The number of hydrogen-bond donors (Lipinski definition) is 1. The molecule has 1 aliphatic carbocycles. The zero-order chi connectivity index (χ0) is 14.4.